The van der Waals surface area contributed by atoms with Crippen molar-refractivity contribution in [3.05, 3.63) is 54.1 Å². The lowest BCUT2D eigenvalue weighted by Gasteiger charge is -2.11. The van der Waals surface area contributed by atoms with Gasteiger partial charge in [-0.15, -0.1) is 0 Å². The summed E-state index contributed by atoms with van der Waals surface area (Å²) in [4.78, 5) is 12.3. The van der Waals surface area contributed by atoms with E-state index in [1.165, 1.54) is 18.2 Å². The summed E-state index contributed by atoms with van der Waals surface area (Å²) in [6, 6.07) is 12.8. The van der Waals surface area contributed by atoms with Gasteiger partial charge in [0.1, 0.15) is 18.1 Å². The largest absolute Gasteiger partial charge is 0.497 e. The predicted molar refractivity (Wildman–Crippen MR) is 103 cm³/mol. The first kappa shape index (κ1) is 20.7. The van der Waals surface area contributed by atoms with Crippen molar-refractivity contribution < 1.29 is 22.7 Å². The van der Waals surface area contributed by atoms with Gasteiger partial charge in [0.25, 0.3) is 5.91 Å². The minimum Gasteiger partial charge on any atom is -0.497 e. The van der Waals surface area contributed by atoms with E-state index in [1.807, 2.05) is 0 Å². The number of hydrogen-bond acceptors (Lipinski definition) is 5. The molecule has 146 valence electrons. The average molecular weight is 392 g/mol. The molecule has 2 rings (SSSR count). The standard InChI is InChI=1S/C19H24N2O5S/c1-14(2)21-27(23,24)18-6-4-5-15(13-18)19(22)20-11-12-26-17-9-7-16(25-3)8-10-17/h4-10,13-14,21H,11-12H2,1-3H3,(H,20,22). The number of amides is 1. The second kappa shape index (κ2) is 9.38. The maximum atomic E-state index is 12.2. The first-order valence-electron chi connectivity index (χ1n) is 8.49. The molecular weight excluding hydrogens is 368 g/mol. The lowest BCUT2D eigenvalue weighted by molar-refractivity contribution is 0.0947. The quantitative estimate of drug-likeness (QED) is 0.638. The molecule has 2 aromatic rings. The Bertz CT molecular complexity index is 864. The summed E-state index contributed by atoms with van der Waals surface area (Å²) in [5.41, 5.74) is 0.270. The molecule has 7 nitrogen and oxygen atoms in total. The van der Waals surface area contributed by atoms with E-state index in [4.69, 9.17) is 9.47 Å². The summed E-state index contributed by atoms with van der Waals surface area (Å²) in [5, 5.41) is 2.71. The highest BCUT2D eigenvalue weighted by molar-refractivity contribution is 7.89. The lowest BCUT2D eigenvalue weighted by atomic mass is 10.2. The van der Waals surface area contributed by atoms with Crippen LogP contribution in [0.5, 0.6) is 11.5 Å². The molecule has 8 heteroatoms. The molecule has 0 aliphatic heterocycles. The van der Waals surface area contributed by atoms with Gasteiger partial charge >= 0.3 is 0 Å². The van der Waals surface area contributed by atoms with Gasteiger partial charge in [-0.1, -0.05) is 6.07 Å². The van der Waals surface area contributed by atoms with Crippen LogP contribution in [0.1, 0.15) is 24.2 Å². The molecule has 0 radical (unpaired) electrons. The third kappa shape index (κ3) is 6.26. The van der Waals surface area contributed by atoms with Crippen LogP contribution in [0.25, 0.3) is 0 Å². The van der Waals surface area contributed by atoms with Gasteiger partial charge in [0.05, 0.1) is 18.6 Å². The minimum atomic E-state index is -3.65. The topological polar surface area (TPSA) is 93.7 Å². The molecule has 0 atom stereocenters. The second-order valence-corrected chi connectivity index (χ2v) is 7.80. The SMILES string of the molecule is COc1ccc(OCCNC(=O)c2cccc(S(=O)(=O)NC(C)C)c2)cc1. The van der Waals surface area contributed by atoms with Crippen molar-refractivity contribution >= 4 is 15.9 Å². The zero-order valence-electron chi connectivity index (χ0n) is 15.6. The van der Waals surface area contributed by atoms with E-state index in [0.717, 1.165) is 5.75 Å². The zero-order valence-corrected chi connectivity index (χ0v) is 16.4. The maximum Gasteiger partial charge on any atom is 0.251 e. The van der Waals surface area contributed by atoms with E-state index in [0.29, 0.717) is 5.75 Å². The van der Waals surface area contributed by atoms with Gasteiger partial charge in [-0.05, 0) is 56.3 Å². The monoisotopic (exact) mass is 392 g/mol. The summed E-state index contributed by atoms with van der Waals surface area (Å²) < 4.78 is 37.5. The number of benzene rings is 2. The molecule has 0 spiro atoms. The molecule has 2 aromatic carbocycles. The maximum absolute atomic E-state index is 12.2. The second-order valence-electron chi connectivity index (χ2n) is 6.08. The molecule has 27 heavy (non-hydrogen) atoms. The van der Waals surface area contributed by atoms with Crippen LogP contribution in [0.4, 0.5) is 0 Å². The Hall–Kier alpha value is -2.58. The van der Waals surface area contributed by atoms with Gasteiger partial charge in [-0.2, -0.15) is 0 Å². The van der Waals surface area contributed by atoms with E-state index in [9.17, 15) is 13.2 Å². The fourth-order valence-electron chi connectivity index (χ4n) is 2.29. The van der Waals surface area contributed by atoms with Crippen LogP contribution in [-0.4, -0.2) is 40.6 Å². The van der Waals surface area contributed by atoms with Crippen LogP contribution in [0.15, 0.2) is 53.4 Å². The fourth-order valence-corrected chi connectivity index (χ4v) is 3.59. The van der Waals surface area contributed by atoms with Crippen molar-refractivity contribution in [2.75, 3.05) is 20.3 Å². The minimum absolute atomic E-state index is 0.0540. The van der Waals surface area contributed by atoms with Gasteiger partial charge < -0.3 is 14.8 Å². The number of carbonyl (C=O) groups is 1. The molecule has 0 aromatic heterocycles. The van der Waals surface area contributed by atoms with E-state index in [2.05, 4.69) is 10.0 Å². The Kier molecular flexibility index (Phi) is 7.20. The highest BCUT2D eigenvalue weighted by Crippen LogP contribution is 2.16. The molecule has 0 aliphatic carbocycles. The van der Waals surface area contributed by atoms with E-state index in [1.54, 1.807) is 51.3 Å². The number of nitrogens with one attached hydrogen (secondary N) is 2. The normalized spacial score (nSPS) is 11.3. The number of ether oxygens (including phenoxy) is 2. The highest BCUT2D eigenvalue weighted by Gasteiger charge is 2.17. The van der Waals surface area contributed by atoms with E-state index < -0.39 is 10.0 Å². The van der Waals surface area contributed by atoms with Gasteiger partial charge in [0.15, 0.2) is 0 Å². The van der Waals surface area contributed by atoms with Crippen molar-refractivity contribution in [3.63, 3.8) is 0 Å². The summed E-state index contributed by atoms with van der Waals surface area (Å²) in [6.07, 6.45) is 0. The Balaban J connectivity index is 1.89. The highest BCUT2D eigenvalue weighted by atomic mass is 32.2. The van der Waals surface area contributed by atoms with Gasteiger partial charge in [-0.25, -0.2) is 13.1 Å². The Labute approximate surface area is 159 Å². The summed E-state index contributed by atoms with van der Waals surface area (Å²) in [7, 11) is -2.06. The van der Waals surface area contributed by atoms with Crippen LogP contribution >= 0.6 is 0 Å². The number of carbonyl (C=O) groups excluding carboxylic acids is 1. The third-order valence-corrected chi connectivity index (χ3v) is 5.17. The van der Waals surface area contributed by atoms with Crippen molar-refractivity contribution in [3.8, 4) is 11.5 Å². The number of hydrogen-bond donors (Lipinski definition) is 2. The van der Waals surface area contributed by atoms with Gasteiger partial charge in [0.2, 0.25) is 10.0 Å². The van der Waals surface area contributed by atoms with Crippen molar-refractivity contribution in [1.29, 1.82) is 0 Å². The Morgan fingerprint density at radius 2 is 1.74 bits per heavy atom. The molecule has 0 aliphatic rings. The van der Waals surface area contributed by atoms with E-state index >= 15 is 0 Å². The van der Waals surface area contributed by atoms with Crippen LogP contribution in [0.3, 0.4) is 0 Å². The average Bonchev–Trinajstić information content (AvgIpc) is 2.64. The predicted octanol–water partition coefficient (Wildman–Crippen LogP) is 2.19. The molecular formula is C19H24N2O5S. The van der Waals surface area contributed by atoms with Crippen molar-refractivity contribution in [2.45, 2.75) is 24.8 Å². The number of rotatable bonds is 9. The first-order chi connectivity index (χ1) is 12.8. The molecule has 0 unspecified atom stereocenters. The fraction of sp³-hybridized carbons (Fsp3) is 0.316. The molecule has 0 heterocycles. The first-order valence-corrected chi connectivity index (χ1v) is 9.97. The summed E-state index contributed by atoms with van der Waals surface area (Å²) in [6.45, 7) is 4.03. The summed E-state index contributed by atoms with van der Waals surface area (Å²) >= 11 is 0. The van der Waals surface area contributed by atoms with Crippen LogP contribution in [-0.2, 0) is 10.0 Å². The molecule has 0 fully saturated rings. The Morgan fingerprint density at radius 1 is 1.07 bits per heavy atom. The molecule has 0 saturated carbocycles. The third-order valence-electron chi connectivity index (χ3n) is 3.51. The lowest BCUT2D eigenvalue weighted by Crippen LogP contribution is -2.31. The Morgan fingerprint density at radius 3 is 2.37 bits per heavy atom. The zero-order chi connectivity index (χ0) is 19.9. The summed E-state index contributed by atoms with van der Waals surface area (Å²) in [5.74, 6) is 1.03. The van der Waals surface area contributed by atoms with Crippen LogP contribution in [0, 0.1) is 0 Å². The smallest absolute Gasteiger partial charge is 0.251 e. The molecule has 0 bridgehead atoms. The van der Waals surface area contributed by atoms with Crippen LogP contribution < -0.4 is 19.5 Å². The van der Waals surface area contributed by atoms with Crippen molar-refractivity contribution in [2.24, 2.45) is 0 Å². The molecule has 2 N–H and O–H groups in total. The van der Waals surface area contributed by atoms with Crippen molar-refractivity contribution in [1.82, 2.24) is 10.0 Å². The molecule has 1 amide bonds. The molecule has 0 saturated heterocycles. The number of sulfonamides is 1. The number of methoxy groups -OCH3 is 1. The van der Waals surface area contributed by atoms with Crippen LogP contribution in [0.2, 0.25) is 0 Å². The van der Waals surface area contributed by atoms with Gasteiger partial charge in [-0.3, -0.25) is 4.79 Å². The van der Waals surface area contributed by atoms with Gasteiger partial charge in [0, 0.05) is 11.6 Å². The van der Waals surface area contributed by atoms with E-state index in [-0.39, 0.29) is 35.6 Å².